The largest absolute Gasteiger partial charge is 0.326 e. The van der Waals surface area contributed by atoms with Crippen LogP contribution in [0.3, 0.4) is 0 Å². The molecule has 0 spiro atoms. The van der Waals surface area contributed by atoms with Crippen molar-refractivity contribution in [1.82, 2.24) is 9.78 Å². The number of hydrogen-bond donors (Lipinski definition) is 2. The lowest BCUT2D eigenvalue weighted by molar-refractivity contribution is -0.114. The van der Waals surface area contributed by atoms with Crippen LogP contribution in [-0.4, -0.2) is 21.6 Å². The zero-order chi connectivity index (χ0) is 18.0. The van der Waals surface area contributed by atoms with E-state index in [4.69, 9.17) is 0 Å². The van der Waals surface area contributed by atoms with Gasteiger partial charge in [0.2, 0.25) is 5.91 Å². The summed E-state index contributed by atoms with van der Waals surface area (Å²) in [5.74, 6) is -0.586. The number of rotatable bonds is 3. The van der Waals surface area contributed by atoms with Gasteiger partial charge in [-0.05, 0) is 30.3 Å². The van der Waals surface area contributed by atoms with Crippen molar-refractivity contribution in [2.24, 2.45) is 7.05 Å². The van der Waals surface area contributed by atoms with E-state index in [-0.39, 0.29) is 17.2 Å². The van der Waals surface area contributed by atoms with Crippen molar-refractivity contribution < 1.29 is 9.59 Å². The fourth-order valence-corrected chi connectivity index (χ4v) is 2.50. The molecule has 0 saturated heterocycles. The van der Waals surface area contributed by atoms with Gasteiger partial charge in [-0.3, -0.25) is 14.4 Å². The summed E-state index contributed by atoms with van der Waals surface area (Å²) in [5.41, 5.74) is 1.10. The van der Waals surface area contributed by atoms with Crippen LogP contribution < -0.4 is 16.2 Å². The Labute approximate surface area is 143 Å². The highest BCUT2D eigenvalue weighted by Crippen LogP contribution is 2.17. The number of fused-ring (bicyclic) bond motifs is 1. The monoisotopic (exact) mass is 336 g/mol. The van der Waals surface area contributed by atoms with Gasteiger partial charge in [0, 0.05) is 30.7 Å². The van der Waals surface area contributed by atoms with Gasteiger partial charge in [-0.2, -0.15) is 5.10 Å². The second kappa shape index (κ2) is 6.56. The molecule has 25 heavy (non-hydrogen) atoms. The van der Waals surface area contributed by atoms with E-state index in [1.54, 1.807) is 48.5 Å². The number of amides is 2. The number of aryl methyl sites for hydroxylation is 1. The molecule has 2 amide bonds. The van der Waals surface area contributed by atoms with Gasteiger partial charge < -0.3 is 10.6 Å². The maximum Gasteiger partial charge on any atom is 0.276 e. The summed E-state index contributed by atoms with van der Waals surface area (Å²) in [6, 6.07) is 13.6. The van der Waals surface area contributed by atoms with Crippen LogP contribution in [0.5, 0.6) is 0 Å². The molecule has 126 valence electrons. The Morgan fingerprint density at radius 1 is 0.920 bits per heavy atom. The highest BCUT2D eigenvalue weighted by atomic mass is 16.2. The molecule has 0 aliphatic rings. The molecule has 2 aromatic carbocycles. The number of benzene rings is 2. The van der Waals surface area contributed by atoms with E-state index >= 15 is 0 Å². The van der Waals surface area contributed by atoms with Crippen LogP contribution in [0.2, 0.25) is 0 Å². The number of anilines is 2. The van der Waals surface area contributed by atoms with Crippen LogP contribution in [-0.2, 0) is 11.8 Å². The van der Waals surface area contributed by atoms with Gasteiger partial charge in [-0.15, -0.1) is 0 Å². The third kappa shape index (κ3) is 3.40. The molecule has 0 aliphatic carbocycles. The quantitative estimate of drug-likeness (QED) is 0.766. The SMILES string of the molecule is CC(=O)Nc1ccc(NC(=O)c2nn(C)c(=O)c3ccccc23)cc1. The standard InChI is InChI=1S/C18H16N4O3/c1-11(23)19-12-7-9-13(10-8-12)20-17(24)16-14-5-3-4-6-15(14)18(25)22(2)21-16/h3-10H,1-2H3,(H,19,23)(H,20,24). The van der Waals surface area contributed by atoms with Gasteiger partial charge in [-0.25, -0.2) is 4.68 Å². The van der Waals surface area contributed by atoms with Gasteiger partial charge in [0.05, 0.1) is 5.39 Å². The summed E-state index contributed by atoms with van der Waals surface area (Å²) in [6.45, 7) is 1.42. The van der Waals surface area contributed by atoms with Crippen molar-refractivity contribution in [3.63, 3.8) is 0 Å². The molecule has 7 heteroatoms. The minimum atomic E-state index is -0.418. The molecule has 1 aromatic heterocycles. The maximum atomic E-state index is 12.6. The van der Waals surface area contributed by atoms with Crippen LogP contribution >= 0.6 is 0 Å². The Balaban J connectivity index is 1.91. The fourth-order valence-electron chi connectivity index (χ4n) is 2.50. The summed E-state index contributed by atoms with van der Waals surface area (Å²) in [5, 5.41) is 10.4. The highest BCUT2D eigenvalue weighted by molar-refractivity contribution is 6.11. The molecule has 3 aromatic rings. The van der Waals surface area contributed by atoms with E-state index in [1.165, 1.54) is 14.0 Å². The lowest BCUT2D eigenvalue weighted by Gasteiger charge is -2.09. The number of carbonyl (C=O) groups is 2. The van der Waals surface area contributed by atoms with Crippen molar-refractivity contribution in [2.45, 2.75) is 6.92 Å². The van der Waals surface area contributed by atoms with Crippen LogP contribution in [0.4, 0.5) is 11.4 Å². The van der Waals surface area contributed by atoms with E-state index in [2.05, 4.69) is 15.7 Å². The van der Waals surface area contributed by atoms with Gasteiger partial charge in [0.15, 0.2) is 5.69 Å². The predicted molar refractivity (Wildman–Crippen MR) is 95.7 cm³/mol. The van der Waals surface area contributed by atoms with Crippen molar-refractivity contribution >= 4 is 34.0 Å². The van der Waals surface area contributed by atoms with Crippen molar-refractivity contribution in [2.75, 3.05) is 10.6 Å². The second-order valence-electron chi connectivity index (χ2n) is 5.54. The van der Waals surface area contributed by atoms with E-state index < -0.39 is 5.91 Å². The minimum Gasteiger partial charge on any atom is -0.326 e. The van der Waals surface area contributed by atoms with Gasteiger partial charge >= 0.3 is 0 Å². The molecule has 3 rings (SSSR count). The minimum absolute atomic E-state index is 0.169. The first-order valence-electron chi connectivity index (χ1n) is 7.61. The average Bonchev–Trinajstić information content (AvgIpc) is 2.59. The molecule has 0 radical (unpaired) electrons. The summed E-state index contributed by atoms with van der Waals surface area (Å²) >= 11 is 0. The number of aromatic nitrogens is 2. The molecule has 0 bridgehead atoms. The van der Waals surface area contributed by atoms with E-state index in [9.17, 15) is 14.4 Å². The van der Waals surface area contributed by atoms with Crippen molar-refractivity contribution in [3.8, 4) is 0 Å². The average molecular weight is 336 g/mol. The zero-order valence-electron chi connectivity index (χ0n) is 13.7. The Morgan fingerprint density at radius 2 is 1.48 bits per heavy atom. The first-order valence-corrected chi connectivity index (χ1v) is 7.61. The molecule has 2 N–H and O–H groups in total. The van der Waals surface area contributed by atoms with Crippen molar-refractivity contribution in [3.05, 3.63) is 64.6 Å². The third-order valence-corrected chi connectivity index (χ3v) is 3.63. The number of hydrogen-bond acceptors (Lipinski definition) is 4. The first kappa shape index (κ1) is 16.4. The smallest absolute Gasteiger partial charge is 0.276 e. The van der Waals surface area contributed by atoms with E-state index in [0.717, 1.165) is 4.68 Å². The Hall–Kier alpha value is -3.48. The Morgan fingerprint density at radius 3 is 2.08 bits per heavy atom. The predicted octanol–water partition coefficient (Wildman–Crippen LogP) is 2.14. The zero-order valence-corrected chi connectivity index (χ0v) is 13.7. The number of nitrogens with zero attached hydrogens (tertiary/aromatic N) is 2. The van der Waals surface area contributed by atoms with Gasteiger partial charge in [0.25, 0.3) is 11.5 Å². The Bertz CT molecular complexity index is 1020. The Kier molecular flexibility index (Phi) is 4.30. The van der Waals surface area contributed by atoms with E-state index in [1.807, 2.05) is 0 Å². The van der Waals surface area contributed by atoms with Crippen LogP contribution in [0.15, 0.2) is 53.3 Å². The van der Waals surface area contributed by atoms with Gasteiger partial charge in [0.1, 0.15) is 0 Å². The molecular formula is C18H16N4O3. The first-order chi connectivity index (χ1) is 12.0. The second-order valence-corrected chi connectivity index (χ2v) is 5.54. The molecule has 0 unspecified atom stereocenters. The summed E-state index contributed by atoms with van der Waals surface area (Å²) < 4.78 is 1.15. The topological polar surface area (TPSA) is 93.1 Å². The number of carbonyl (C=O) groups excluding carboxylic acids is 2. The summed E-state index contributed by atoms with van der Waals surface area (Å²) in [4.78, 5) is 35.7. The molecule has 1 heterocycles. The third-order valence-electron chi connectivity index (χ3n) is 3.63. The molecular weight excluding hydrogens is 320 g/mol. The lowest BCUT2D eigenvalue weighted by Crippen LogP contribution is -2.25. The molecule has 0 fully saturated rings. The summed E-state index contributed by atoms with van der Waals surface area (Å²) in [7, 11) is 1.51. The molecule has 0 aliphatic heterocycles. The number of nitrogens with one attached hydrogen (secondary N) is 2. The normalized spacial score (nSPS) is 10.5. The maximum absolute atomic E-state index is 12.6. The molecule has 0 atom stereocenters. The van der Waals surface area contributed by atoms with Crippen molar-refractivity contribution in [1.29, 1.82) is 0 Å². The lowest BCUT2D eigenvalue weighted by atomic mass is 10.1. The fraction of sp³-hybridized carbons (Fsp3) is 0.111. The van der Waals surface area contributed by atoms with Crippen LogP contribution in [0, 0.1) is 0 Å². The molecule has 0 saturated carbocycles. The van der Waals surface area contributed by atoms with Gasteiger partial charge in [-0.1, -0.05) is 18.2 Å². The molecule has 7 nitrogen and oxygen atoms in total. The van der Waals surface area contributed by atoms with Crippen LogP contribution in [0.1, 0.15) is 17.4 Å². The summed E-state index contributed by atoms with van der Waals surface area (Å²) in [6.07, 6.45) is 0. The highest BCUT2D eigenvalue weighted by Gasteiger charge is 2.15. The van der Waals surface area contributed by atoms with E-state index in [0.29, 0.717) is 22.1 Å². The van der Waals surface area contributed by atoms with Crippen LogP contribution in [0.25, 0.3) is 10.8 Å².